The minimum absolute atomic E-state index is 0.0623. The monoisotopic (exact) mass is 434 g/mol. The van der Waals surface area contributed by atoms with Gasteiger partial charge in [-0.3, -0.25) is 9.59 Å². The van der Waals surface area contributed by atoms with Crippen LogP contribution in [0, 0.1) is 0 Å². The number of amides is 2. The molecule has 2 amide bonds. The maximum absolute atomic E-state index is 13.3. The molecule has 1 atom stereocenters. The van der Waals surface area contributed by atoms with Crippen LogP contribution in [-0.2, 0) is 4.79 Å². The molecule has 2 heterocycles. The summed E-state index contributed by atoms with van der Waals surface area (Å²) in [4.78, 5) is 39.3. The molecule has 2 aromatic carbocycles. The number of carboxylic acid groups (broad SMARTS) is 1. The largest absolute Gasteiger partial charge is 0.497 e. The summed E-state index contributed by atoms with van der Waals surface area (Å²) in [5.74, 6) is -1.51. The van der Waals surface area contributed by atoms with Crippen LogP contribution < -0.4 is 10.1 Å². The number of likely N-dealkylation sites (tertiary alicyclic amines) is 1. The van der Waals surface area contributed by atoms with E-state index in [-0.39, 0.29) is 17.2 Å². The van der Waals surface area contributed by atoms with Gasteiger partial charge in [-0.15, -0.1) is 0 Å². The molecule has 0 spiro atoms. The van der Waals surface area contributed by atoms with E-state index in [4.69, 9.17) is 4.74 Å². The molecule has 0 radical (unpaired) electrons. The second-order valence-electron chi connectivity index (χ2n) is 7.35. The highest BCUT2D eigenvalue weighted by molar-refractivity contribution is 6.06. The number of carboxylic acids is 1. The normalized spacial score (nSPS) is 15.4. The maximum atomic E-state index is 13.3. The fourth-order valence-electron chi connectivity index (χ4n) is 3.74. The third-order valence-electron chi connectivity index (χ3n) is 5.34. The molecular weight excluding hydrogens is 412 g/mol. The molecule has 4 rings (SSSR count). The number of anilines is 1. The highest BCUT2D eigenvalue weighted by Gasteiger charge is 2.37. The Bertz CT molecular complexity index is 1140. The van der Waals surface area contributed by atoms with E-state index < -0.39 is 17.9 Å². The Morgan fingerprint density at radius 3 is 2.47 bits per heavy atom. The molecule has 9 heteroatoms. The molecule has 9 nitrogen and oxygen atoms in total. The summed E-state index contributed by atoms with van der Waals surface area (Å²) in [5.41, 5.74) is 0.787. The molecule has 164 valence electrons. The van der Waals surface area contributed by atoms with Gasteiger partial charge in [0.15, 0.2) is 5.69 Å². The van der Waals surface area contributed by atoms with Gasteiger partial charge in [0.05, 0.1) is 18.4 Å². The van der Waals surface area contributed by atoms with Crippen LogP contribution in [0.3, 0.4) is 0 Å². The first kappa shape index (κ1) is 21.1. The number of rotatable bonds is 6. The highest BCUT2D eigenvalue weighted by Crippen LogP contribution is 2.24. The Kier molecular flexibility index (Phi) is 5.89. The van der Waals surface area contributed by atoms with E-state index in [2.05, 4.69) is 10.4 Å². The van der Waals surface area contributed by atoms with Gasteiger partial charge in [0.25, 0.3) is 5.91 Å². The van der Waals surface area contributed by atoms with Crippen LogP contribution in [0.5, 0.6) is 5.75 Å². The van der Waals surface area contributed by atoms with Crippen molar-refractivity contribution in [2.45, 2.75) is 18.9 Å². The van der Waals surface area contributed by atoms with Crippen molar-refractivity contribution in [1.82, 2.24) is 14.7 Å². The molecule has 0 aliphatic carbocycles. The predicted molar refractivity (Wildman–Crippen MR) is 116 cm³/mol. The highest BCUT2D eigenvalue weighted by atomic mass is 16.5. The van der Waals surface area contributed by atoms with Crippen molar-refractivity contribution in [2.24, 2.45) is 0 Å². The van der Waals surface area contributed by atoms with Gasteiger partial charge in [-0.1, -0.05) is 18.2 Å². The number of aromatic nitrogens is 2. The summed E-state index contributed by atoms with van der Waals surface area (Å²) in [6.07, 6.45) is 2.53. The van der Waals surface area contributed by atoms with E-state index in [1.165, 1.54) is 15.8 Å². The summed E-state index contributed by atoms with van der Waals surface area (Å²) in [5, 5.41) is 16.5. The van der Waals surface area contributed by atoms with Crippen molar-refractivity contribution < 1.29 is 24.2 Å². The second kappa shape index (κ2) is 8.93. The number of hydrogen-bond donors (Lipinski definition) is 2. The van der Waals surface area contributed by atoms with Gasteiger partial charge >= 0.3 is 5.97 Å². The third-order valence-corrected chi connectivity index (χ3v) is 5.34. The molecule has 32 heavy (non-hydrogen) atoms. The number of carbonyl (C=O) groups excluding carboxylic acids is 2. The topological polar surface area (TPSA) is 114 Å². The van der Waals surface area contributed by atoms with Crippen molar-refractivity contribution in [3.8, 4) is 11.4 Å². The second-order valence-corrected chi connectivity index (χ2v) is 7.35. The number of hydrogen-bond acceptors (Lipinski definition) is 5. The van der Waals surface area contributed by atoms with Gasteiger partial charge in [-0.25, -0.2) is 9.48 Å². The van der Waals surface area contributed by atoms with Crippen LogP contribution in [-0.4, -0.2) is 57.3 Å². The van der Waals surface area contributed by atoms with Crippen LogP contribution in [0.4, 0.5) is 5.69 Å². The summed E-state index contributed by atoms with van der Waals surface area (Å²) >= 11 is 0. The molecular formula is C23H22N4O5. The summed E-state index contributed by atoms with van der Waals surface area (Å²) in [7, 11) is 1.54. The van der Waals surface area contributed by atoms with Gasteiger partial charge < -0.3 is 20.1 Å². The van der Waals surface area contributed by atoms with Crippen LogP contribution in [0.15, 0.2) is 60.8 Å². The Hall–Kier alpha value is -4.14. The molecule has 1 saturated heterocycles. The number of para-hydroxylation sites is 1. The van der Waals surface area contributed by atoms with Crippen molar-refractivity contribution in [3.63, 3.8) is 0 Å². The Balaban J connectivity index is 1.60. The molecule has 1 aliphatic rings. The zero-order valence-electron chi connectivity index (χ0n) is 17.4. The summed E-state index contributed by atoms with van der Waals surface area (Å²) < 4.78 is 6.47. The fraction of sp³-hybridized carbons (Fsp3) is 0.217. The van der Waals surface area contributed by atoms with Gasteiger partial charge in [0.2, 0.25) is 5.91 Å². The average molecular weight is 434 g/mol. The first-order chi connectivity index (χ1) is 15.5. The predicted octanol–water partition coefficient (Wildman–Crippen LogP) is 2.82. The van der Waals surface area contributed by atoms with E-state index >= 15 is 0 Å². The molecule has 1 aliphatic heterocycles. The lowest BCUT2D eigenvalue weighted by Gasteiger charge is -2.23. The quantitative estimate of drug-likeness (QED) is 0.617. The van der Waals surface area contributed by atoms with Crippen LogP contribution in [0.2, 0.25) is 0 Å². The van der Waals surface area contributed by atoms with Crippen LogP contribution in [0.1, 0.15) is 33.7 Å². The lowest BCUT2D eigenvalue weighted by Crippen LogP contribution is -2.43. The molecule has 0 bridgehead atoms. The average Bonchev–Trinajstić information content (AvgIpc) is 3.47. The van der Waals surface area contributed by atoms with Crippen molar-refractivity contribution >= 4 is 23.5 Å². The number of nitrogens with zero attached hydrogens (tertiary/aromatic N) is 3. The SMILES string of the molecule is COc1ccc(-n2cc(C(=O)N3CCCC3C(=O)Nc3ccccc3)c(C(=O)O)n2)cc1. The molecule has 2 N–H and O–H groups in total. The molecule has 1 fully saturated rings. The van der Waals surface area contributed by atoms with E-state index in [1.54, 1.807) is 55.6 Å². The van der Waals surface area contributed by atoms with Crippen LogP contribution in [0.25, 0.3) is 5.69 Å². The van der Waals surface area contributed by atoms with Crippen molar-refractivity contribution in [2.75, 3.05) is 19.0 Å². The smallest absolute Gasteiger partial charge is 0.357 e. The first-order valence-corrected chi connectivity index (χ1v) is 10.1. The number of nitrogens with one attached hydrogen (secondary N) is 1. The van der Waals surface area contributed by atoms with E-state index in [9.17, 15) is 19.5 Å². The molecule has 1 unspecified atom stereocenters. The van der Waals surface area contributed by atoms with E-state index in [0.717, 1.165) is 0 Å². The Morgan fingerprint density at radius 2 is 1.81 bits per heavy atom. The maximum Gasteiger partial charge on any atom is 0.357 e. The molecule has 1 aromatic heterocycles. The zero-order valence-corrected chi connectivity index (χ0v) is 17.4. The van der Waals surface area contributed by atoms with Gasteiger partial charge in [-0.2, -0.15) is 5.10 Å². The summed E-state index contributed by atoms with van der Waals surface area (Å²) in [6, 6.07) is 15.1. The number of methoxy groups -OCH3 is 1. The third kappa shape index (κ3) is 4.18. The minimum atomic E-state index is -1.31. The lowest BCUT2D eigenvalue weighted by molar-refractivity contribution is -0.119. The minimum Gasteiger partial charge on any atom is -0.497 e. The van der Waals surface area contributed by atoms with Gasteiger partial charge in [-0.05, 0) is 49.2 Å². The standard InChI is InChI=1S/C23H22N4O5/c1-32-17-11-9-16(10-12-17)27-14-18(20(25-27)23(30)31)22(29)26-13-5-8-19(26)21(28)24-15-6-3-2-4-7-15/h2-4,6-7,9-12,14,19H,5,8,13H2,1H3,(H,24,28)(H,30,31). The zero-order chi connectivity index (χ0) is 22.7. The molecule has 0 saturated carbocycles. The first-order valence-electron chi connectivity index (χ1n) is 10.1. The Morgan fingerprint density at radius 1 is 1.09 bits per heavy atom. The van der Waals surface area contributed by atoms with E-state index in [0.29, 0.717) is 36.5 Å². The van der Waals surface area contributed by atoms with Crippen molar-refractivity contribution in [3.05, 3.63) is 72.1 Å². The lowest BCUT2D eigenvalue weighted by atomic mass is 10.1. The number of aromatic carboxylic acids is 1. The van der Waals surface area contributed by atoms with Crippen LogP contribution >= 0.6 is 0 Å². The number of ether oxygens (including phenoxy) is 1. The molecule has 3 aromatic rings. The Labute approximate surface area is 184 Å². The fourth-order valence-corrected chi connectivity index (χ4v) is 3.74. The van der Waals surface area contributed by atoms with Gasteiger partial charge in [0.1, 0.15) is 11.8 Å². The number of carbonyl (C=O) groups is 3. The van der Waals surface area contributed by atoms with E-state index in [1.807, 2.05) is 6.07 Å². The summed E-state index contributed by atoms with van der Waals surface area (Å²) in [6.45, 7) is 0.360. The van der Waals surface area contributed by atoms with Gasteiger partial charge in [0, 0.05) is 18.4 Å². The number of benzene rings is 2. The van der Waals surface area contributed by atoms with Crippen molar-refractivity contribution in [1.29, 1.82) is 0 Å².